The van der Waals surface area contributed by atoms with Gasteiger partial charge in [-0.25, -0.2) is 0 Å². The normalized spacial score (nSPS) is 13.8. The van der Waals surface area contributed by atoms with Gasteiger partial charge in [0.25, 0.3) is 0 Å². The van der Waals surface area contributed by atoms with Gasteiger partial charge in [0.2, 0.25) is 0 Å². The number of benzene rings is 1. The molecule has 0 aliphatic rings. The zero-order valence-corrected chi connectivity index (χ0v) is 11.5. The summed E-state index contributed by atoms with van der Waals surface area (Å²) in [6.07, 6.45) is 0.830. The fraction of sp³-hybridized carbons (Fsp3) is 0.500. The molecule has 0 radical (unpaired) electrons. The molecule has 0 fully saturated rings. The van der Waals surface area contributed by atoms with E-state index >= 15 is 0 Å². The van der Waals surface area contributed by atoms with E-state index in [4.69, 9.17) is 10.6 Å². The Morgan fingerprint density at radius 1 is 1.50 bits per heavy atom. The fourth-order valence-electron chi connectivity index (χ4n) is 1.55. The Bertz CT molecular complexity index is 342. The second-order valence-corrected chi connectivity index (χ2v) is 5.28. The number of nitrogens with two attached hydrogens (primary N) is 1. The molecule has 0 heterocycles. The summed E-state index contributed by atoms with van der Waals surface area (Å²) in [5.41, 5.74) is 3.75. The van der Waals surface area contributed by atoms with Gasteiger partial charge in [-0.1, -0.05) is 28.1 Å². The van der Waals surface area contributed by atoms with Crippen LogP contribution in [-0.4, -0.2) is 18.8 Å². The minimum Gasteiger partial charge on any atom is -0.377 e. The van der Waals surface area contributed by atoms with Crippen molar-refractivity contribution in [1.82, 2.24) is 5.43 Å². The molecule has 1 rings (SSSR count). The topological polar surface area (TPSA) is 47.3 Å². The molecule has 90 valence electrons. The number of ether oxygens (including phenoxy) is 1. The maximum atomic E-state index is 5.58. The van der Waals surface area contributed by atoms with E-state index in [-0.39, 0.29) is 11.6 Å². The van der Waals surface area contributed by atoms with Crippen molar-refractivity contribution in [1.29, 1.82) is 0 Å². The highest BCUT2D eigenvalue weighted by atomic mass is 79.9. The third-order valence-electron chi connectivity index (χ3n) is 2.90. The Kier molecular flexibility index (Phi) is 4.92. The first kappa shape index (κ1) is 13.6. The van der Waals surface area contributed by atoms with E-state index in [9.17, 15) is 0 Å². The van der Waals surface area contributed by atoms with Crippen LogP contribution in [0.15, 0.2) is 28.7 Å². The minimum atomic E-state index is -0.295. The van der Waals surface area contributed by atoms with Gasteiger partial charge >= 0.3 is 0 Å². The molecule has 1 unspecified atom stereocenters. The van der Waals surface area contributed by atoms with Crippen LogP contribution in [0.3, 0.4) is 0 Å². The van der Waals surface area contributed by atoms with Gasteiger partial charge in [0.15, 0.2) is 0 Å². The van der Waals surface area contributed by atoms with Gasteiger partial charge in [0.1, 0.15) is 0 Å². The lowest BCUT2D eigenvalue weighted by Gasteiger charge is -2.32. The number of methoxy groups -OCH3 is 1. The van der Waals surface area contributed by atoms with Crippen LogP contribution >= 0.6 is 15.9 Å². The molecule has 0 amide bonds. The summed E-state index contributed by atoms with van der Waals surface area (Å²) in [5, 5.41) is 0. The standard InChI is InChI=1S/C12H19BrN2O/c1-12(2,16-3)11(15-14)8-9-5-4-6-10(13)7-9/h4-7,11,15H,8,14H2,1-3H3. The van der Waals surface area contributed by atoms with Crippen molar-refractivity contribution in [2.24, 2.45) is 5.84 Å². The van der Waals surface area contributed by atoms with E-state index in [0.29, 0.717) is 0 Å². The van der Waals surface area contributed by atoms with E-state index < -0.39 is 0 Å². The lowest BCUT2D eigenvalue weighted by Crippen LogP contribution is -2.52. The second-order valence-electron chi connectivity index (χ2n) is 4.36. The van der Waals surface area contributed by atoms with Gasteiger partial charge in [-0.15, -0.1) is 0 Å². The van der Waals surface area contributed by atoms with Crippen LogP contribution in [0, 0.1) is 0 Å². The molecule has 0 saturated heterocycles. The lowest BCUT2D eigenvalue weighted by molar-refractivity contribution is -0.0101. The highest BCUT2D eigenvalue weighted by Gasteiger charge is 2.28. The SMILES string of the molecule is COC(C)(C)C(Cc1cccc(Br)c1)NN. The first-order chi connectivity index (χ1) is 7.49. The first-order valence-electron chi connectivity index (χ1n) is 5.25. The van der Waals surface area contributed by atoms with Crippen LogP contribution in [0.5, 0.6) is 0 Å². The number of hydrogen-bond acceptors (Lipinski definition) is 3. The van der Waals surface area contributed by atoms with E-state index in [0.717, 1.165) is 10.9 Å². The first-order valence-corrected chi connectivity index (χ1v) is 6.04. The van der Waals surface area contributed by atoms with Crippen LogP contribution in [-0.2, 0) is 11.2 Å². The summed E-state index contributed by atoms with van der Waals surface area (Å²) in [4.78, 5) is 0. The van der Waals surface area contributed by atoms with Gasteiger partial charge in [0, 0.05) is 11.6 Å². The molecule has 0 spiro atoms. The highest BCUT2D eigenvalue weighted by Crippen LogP contribution is 2.19. The molecule has 0 saturated carbocycles. The lowest BCUT2D eigenvalue weighted by atomic mass is 9.93. The fourth-order valence-corrected chi connectivity index (χ4v) is 1.99. The van der Waals surface area contributed by atoms with Crippen LogP contribution in [0.25, 0.3) is 0 Å². The van der Waals surface area contributed by atoms with E-state index in [1.54, 1.807) is 7.11 Å². The quantitative estimate of drug-likeness (QED) is 0.645. The molecule has 3 nitrogen and oxygen atoms in total. The summed E-state index contributed by atoms with van der Waals surface area (Å²) >= 11 is 3.46. The Hall–Kier alpha value is -0.420. The van der Waals surface area contributed by atoms with Gasteiger partial charge in [0.05, 0.1) is 11.6 Å². The summed E-state index contributed by atoms with van der Waals surface area (Å²) in [6.45, 7) is 4.05. The van der Waals surface area contributed by atoms with Gasteiger partial charge < -0.3 is 4.74 Å². The van der Waals surface area contributed by atoms with Crippen molar-refractivity contribution < 1.29 is 4.74 Å². The van der Waals surface area contributed by atoms with Crippen molar-refractivity contribution in [2.45, 2.75) is 31.9 Å². The predicted molar refractivity (Wildman–Crippen MR) is 70.0 cm³/mol. The average molecular weight is 287 g/mol. The summed E-state index contributed by atoms with van der Waals surface area (Å²) in [7, 11) is 1.70. The molecule has 1 aromatic carbocycles. The number of nitrogens with one attached hydrogen (secondary N) is 1. The Morgan fingerprint density at radius 2 is 2.19 bits per heavy atom. The Labute approximate surface area is 105 Å². The van der Waals surface area contributed by atoms with E-state index in [2.05, 4.69) is 33.5 Å². The maximum Gasteiger partial charge on any atom is 0.0791 e. The Morgan fingerprint density at radius 3 is 2.69 bits per heavy atom. The highest BCUT2D eigenvalue weighted by molar-refractivity contribution is 9.10. The van der Waals surface area contributed by atoms with Crippen molar-refractivity contribution in [3.63, 3.8) is 0 Å². The molecule has 0 aliphatic heterocycles. The monoisotopic (exact) mass is 286 g/mol. The van der Waals surface area contributed by atoms with Crippen molar-refractivity contribution in [3.05, 3.63) is 34.3 Å². The van der Waals surface area contributed by atoms with Gasteiger partial charge in [-0.3, -0.25) is 11.3 Å². The molecule has 0 aromatic heterocycles. The second kappa shape index (κ2) is 5.77. The number of hydrogen-bond donors (Lipinski definition) is 2. The molecule has 1 atom stereocenters. The van der Waals surface area contributed by atoms with Crippen LogP contribution in [0.2, 0.25) is 0 Å². The molecule has 3 N–H and O–H groups in total. The number of rotatable bonds is 5. The van der Waals surface area contributed by atoms with Crippen LogP contribution < -0.4 is 11.3 Å². The third kappa shape index (κ3) is 3.56. The summed E-state index contributed by atoms with van der Waals surface area (Å²) in [6, 6.07) is 8.28. The smallest absolute Gasteiger partial charge is 0.0791 e. The zero-order valence-electron chi connectivity index (χ0n) is 9.96. The zero-order chi connectivity index (χ0) is 12.2. The summed E-state index contributed by atoms with van der Waals surface area (Å²) in [5.74, 6) is 5.58. The molecule has 0 aliphatic carbocycles. The molecule has 1 aromatic rings. The molecular weight excluding hydrogens is 268 g/mol. The third-order valence-corrected chi connectivity index (χ3v) is 3.39. The minimum absolute atomic E-state index is 0.0757. The average Bonchev–Trinajstić information content (AvgIpc) is 2.25. The molecule has 0 bridgehead atoms. The van der Waals surface area contributed by atoms with Crippen molar-refractivity contribution in [3.8, 4) is 0 Å². The molecular formula is C12H19BrN2O. The molecule has 4 heteroatoms. The summed E-state index contributed by atoms with van der Waals surface area (Å²) < 4.78 is 6.52. The number of hydrazine groups is 1. The largest absolute Gasteiger partial charge is 0.377 e. The van der Waals surface area contributed by atoms with Gasteiger partial charge in [-0.2, -0.15) is 0 Å². The van der Waals surface area contributed by atoms with Crippen molar-refractivity contribution in [2.75, 3.05) is 7.11 Å². The van der Waals surface area contributed by atoms with Gasteiger partial charge in [-0.05, 0) is 38.0 Å². The van der Waals surface area contributed by atoms with E-state index in [1.165, 1.54) is 5.56 Å². The molecule has 16 heavy (non-hydrogen) atoms. The van der Waals surface area contributed by atoms with Crippen molar-refractivity contribution >= 4 is 15.9 Å². The number of halogens is 1. The van der Waals surface area contributed by atoms with E-state index in [1.807, 2.05) is 26.0 Å². The predicted octanol–water partition coefficient (Wildman–Crippen LogP) is 2.25. The van der Waals surface area contributed by atoms with Crippen LogP contribution in [0.4, 0.5) is 0 Å². The van der Waals surface area contributed by atoms with Crippen LogP contribution in [0.1, 0.15) is 19.4 Å². The maximum absolute atomic E-state index is 5.58. The Balaban J connectivity index is 2.78.